The first-order valence-corrected chi connectivity index (χ1v) is 8.85. The van der Waals surface area contributed by atoms with E-state index >= 15 is 0 Å². The second-order valence-corrected chi connectivity index (χ2v) is 5.85. The average molecular weight is 567 g/mol. The van der Waals surface area contributed by atoms with Crippen molar-refractivity contribution in [1.82, 2.24) is 0 Å². The van der Waals surface area contributed by atoms with Crippen LogP contribution in [0.25, 0.3) is 0 Å². The molecule has 184 valence electrons. The van der Waals surface area contributed by atoms with Gasteiger partial charge in [-0.15, -0.1) is 0 Å². The molecular formula is C16H32O14Sn. The number of carboxylic acid groups (broad SMARTS) is 2. The molecule has 0 aromatic carbocycles. The molecule has 0 spiro atoms. The van der Waals surface area contributed by atoms with Gasteiger partial charge < -0.3 is 70.1 Å². The summed E-state index contributed by atoms with van der Waals surface area (Å²) in [5.41, 5.74) is 0. The molecule has 15 heteroatoms. The van der Waals surface area contributed by atoms with Crippen molar-refractivity contribution in [3.63, 3.8) is 0 Å². The Kier molecular flexibility index (Phi) is 21.3. The standard InChI is InChI=1S/2C8H16O7.Sn.2H/c2*1-2-15-7(8(13)14)6(12)5(11)4(10)3-9;;;/h2*4-7,9-12H,2-3H2,1H3,(H,13,14);;;/q;;+2;;/p-2. The summed E-state index contributed by atoms with van der Waals surface area (Å²) in [5.74, 6) is -3.40. The molecule has 0 amide bonds. The van der Waals surface area contributed by atoms with Crippen LogP contribution in [0.1, 0.15) is 13.8 Å². The molecule has 0 radical (unpaired) electrons. The molecule has 31 heavy (non-hydrogen) atoms. The number of aliphatic hydroxyl groups excluding tert-OH is 8. The Morgan fingerprint density at radius 2 is 0.935 bits per heavy atom. The molecule has 14 nitrogen and oxygen atoms in total. The number of carboxylic acids is 2. The van der Waals surface area contributed by atoms with Gasteiger partial charge in [-0.2, -0.15) is 0 Å². The summed E-state index contributed by atoms with van der Waals surface area (Å²) in [5, 5.41) is 92.9. The van der Waals surface area contributed by atoms with Gasteiger partial charge in [0.05, 0.1) is 25.2 Å². The maximum atomic E-state index is 10.5. The fraction of sp³-hybridized carbons (Fsp3) is 0.875. The first kappa shape index (κ1) is 34.9. The van der Waals surface area contributed by atoms with Crippen molar-refractivity contribution in [3.05, 3.63) is 0 Å². The van der Waals surface area contributed by atoms with E-state index in [4.69, 9.17) is 20.4 Å². The molecule has 8 unspecified atom stereocenters. The predicted octanol–water partition coefficient (Wildman–Crippen LogP) is -8.48. The Hall–Kier alpha value is -0.661. The molecule has 0 aliphatic heterocycles. The van der Waals surface area contributed by atoms with E-state index < -0.39 is 74.0 Å². The molecule has 0 aliphatic carbocycles. The van der Waals surface area contributed by atoms with Gasteiger partial charge in [-0.1, -0.05) is 0 Å². The molecule has 0 aromatic heterocycles. The van der Waals surface area contributed by atoms with Crippen molar-refractivity contribution in [2.24, 2.45) is 0 Å². The maximum absolute atomic E-state index is 10.5. The normalized spacial score (nSPS) is 18.6. The van der Waals surface area contributed by atoms with Crippen LogP contribution in [0.2, 0.25) is 0 Å². The molecular weight excluding hydrogens is 535 g/mol. The molecule has 0 saturated carbocycles. The van der Waals surface area contributed by atoms with Gasteiger partial charge in [0.25, 0.3) is 0 Å². The summed E-state index contributed by atoms with van der Waals surface area (Å²) in [4.78, 5) is 21.0. The quantitative estimate of drug-likeness (QED) is 0.0907. The van der Waals surface area contributed by atoms with Crippen LogP contribution in [0.15, 0.2) is 0 Å². The number of carbonyl (C=O) groups excluding carboxylic acids is 2. The van der Waals surface area contributed by atoms with Gasteiger partial charge in [0.15, 0.2) is 0 Å². The van der Waals surface area contributed by atoms with Gasteiger partial charge in [0, 0.05) is 13.2 Å². The van der Waals surface area contributed by atoms with E-state index in [1.165, 1.54) is 13.8 Å². The van der Waals surface area contributed by atoms with Crippen molar-refractivity contribution in [2.45, 2.75) is 62.7 Å². The van der Waals surface area contributed by atoms with Crippen LogP contribution in [0.4, 0.5) is 0 Å². The van der Waals surface area contributed by atoms with Crippen LogP contribution in [0.3, 0.4) is 0 Å². The number of carbonyl (C=O) groups is 2. The molecule has 0 rings (SSSR count). The molecule has 0 aromatic rings. The fourth-order valence-electron chi connectivity index (χ4n) is 2.00. The fourth-order valence-corrected chi connectivity index (χ4v) is 2.00. The van der Waals surface area contributed by atoms with E-state index in [-0.39, 0.29) is 37.1 Å². The van der Waals surface area contributed by atoms with E-state index in [9.17, 15) is 40.2 Å². The van der Waals surface area contributed by atoms with Gasteiger partial charge in [0.2, 0.25) is 0 Å². The van der Waals surface area contributed by atoms with Crippen LogP contribution in [0.5, 0.6) is 0 Å². The van der Waals surface area contributed by atoms with Crippen molar-refractivity contribution in [3.8, 4) is 0 Å². The average Bonchev–Trinajstić information content (AvgIpc) is 2.72. The monoisotopic (exact) mass is 568 g/mol. The Labute approximate surface area is 195 Å². The number of aliphatic hydroxyl groups is 8. The SMILES string of the molecule is CCOC(C(=O)[O-])C(O)C(O)C(O)CO.CCOC(C(=O)[O-])C(O)C(O)C(O)CO.[SnH2+2]. The van der Waals surface area contributed by atoms with Crippen LogP contribution in [-0.4, -0.2) is 152 Å². The van der Waals surface area contributed by atoms with E-state index in [1.807, 2.05) is 0 Å². The summed E-state index contributed by atoms with van der Waals surface area (Å²) in [6, 6.07) is 0. The van der Waals surface area contributed by atoms with Crippen LogP contribution in [0, 0.1) is 0 Å². The van der Waals surface area contributed by atoms with Crippen molar-refractivity contribution in [1.29, 1.82) is 0 Å². The third-order valence-electron chi connectivity index (χ3n) is 3.64. The number of hydrogen-bond acceptors (Lipinski definition) is 14. The zero-order chi connectivity index (χ0) is 24.0. The number of aliphatic carboxylic acids is 2. The minimum atomic E-state index is -1.86. The van der Waals surface area contributed by atoms with E-state index in [0.717, 1.165) is 0 Å². The molecule has 0 aliphatic rings. The summed E-state index contributed by atoms with van der Waals surface area (Å²) in [7, 11) is 0. The van der Waals surface area contributed by atoms with Crippen LogP contribution >= 0.6 is 0 Å². The minimum absolute atomic E-state index is 0. The van der Waals surface area contributed by atoms with Gasteiger partial charge in [0.1, 0.15) is 48.8 Å². The van der Waals surface area contributed by atoms with Crippen molar-refractivity contribution in [2.75, 3.05) is 26.4 Å². The molecule has 0 saturated heterocycles. The molecule has 0 heterocycles. The van der Waals surface area contributed by atoms with E-state index in [0.29, 0.717) is 0 Å². The zero-order valence-corrected chi connectivity index (χ0v) is 21.2. The number of rotatable bonds is 14. The summed E-state index contributed by atoms with van der Waals surface area (Å²) in [6.45, 7) is 1.39. The summed E-state index contributed by atoms with van der Waals surface area (Å²) in [6.07, 6.45) is -14.1. The first-order valence-electron chi connectivity index (χ1n) is 8.85. The van der Waals surface area contributed by atoms with E-state index in [1.54, 1.807) is 0 Å². The Bertz CT molecular complexity index is 439. The van der Waals surface area contributed by atoms with E-state index in [2.05, 4.69) is 9.47 Å². The van der Waals surface area contributed by atoms with Crippen molar-refractivity contribution >= 4 is 35.8 Å². The third-order valence-corrected chi connectivity index (χ3v) is 3.64. The molecule has 0 bridgehead atoms. The molecule has 0 fully saturated rings. The summed E-state index contributed by atoms with van der Waals surface area (Å²) >= 11 is 0. The topological polar surface area (TPSA) is 261 Å². The Morgan fingerprint density at radius 1 is 0.677 bits per heavy atom. The second-order valence-electron chi connectivity index (χ2n) is 5.85. The third kappa shape index (κ3) is 12.8. The van der Waals surface area contributed by atoms with Gasteiger partial charge in [-0.05, 0) is 13.8 Å². The number of ether oxygens (including phenoxy) is 2. The Balaban J connectivity index is -0.000000490. The zero-order valence-electron chi connectivity index (χ0n) is 17.2. The summed E-state index contributed by atoms with van der Waals surface area (Å²) < 4.78 is 9.23. The van der Waals surface area contributed by atoms with Gasteiger partial charge in [-0.25, -0.2) is 0 Å². The van der Waals surface area contributed by atoms with Gasteiger partial charge >= 0.3 is 23.9 Å². The number of hydrogen-bond donors (Lipinski definition) is 8. The Morgan fingerprint density at radius 3 is 1.10 bits per heavy atom. The van der Waals surface area contributed by atoms with Gasteiger partial charge in [-0.3, -0.25) is 0 Å². The van der Waals surface area contributed by atoms with Crippen LogP contribution < -0.4 is 10.2 Å². The second kappa shape index (κ2) is 18.9. The predicted molar refractivity (Wildman–Crippen MR) is 99.6 cm³/mol. The first-order chi connectivity index (χ1) is 13.9. The van der Waals surface area contributed by atoms with Crippen LogP contribution in [-0.2, 0) is 19.1 Å². The molecule has 8 N–H and O–H groups in total. The molecule has 8 atom stereocenters. The van der Waals surface area contributed by atoms with Crippen molar-refractivity contribution < 1.29 is 70.1 Å².